The van der Waals surface area contributed by atoms with Gasteiger partial charge >= 0.3 is 5.97 Å². The van der Waals surface area contributed by atoms with E-state index in [2.05, 4.69) is 39.9 Å². The van der Waals surface area contributed by atoms with Gasteiger partial charge in [0, 0.05) is 51.9 Å². The van der Waals surface area contributed by atoms with Crippen LogP contribution < -0.4 is 20.7 Å². The lowest BCUT2D eigenvalue weighted by Gasteiger charge is -2.32. The maximum atomic E-state index is 12.2. The van der Waals surface area contributed by atoms with Gasteiger partial charge in [0.1, 0.15) is 11.8 Å². The van der Waals surface area contributed by atoms with Crippen molar-refractivity contribution >= 4 is 5.97 Å². The number of carbonyl (C=O) groups excluding carboxylic acids is 1. The van der Waals surface area contributed by atoms with Gasteiger partial charge in [0.2, 0.25) is 0 Å². The SMILES string of the molecule is CCCCOc1ccc(C2CN(C(C)C(=O)OC)CCNCCNCCN2)cc1. The van der Waals surface area contributed by atoms with Crippen molar-refractivity contribution in [1.82, 2.24) is 20.9 Å². The summed E-state index contributed by atoms with van der Waals surface area (Å²) in [4.78, 5) is 14.4. The molecule has 29 heavy (non-hydrogen) atoms. The van der Waals surface area contributed by atoms with Crippen LogP contribution in [0, 0.1) is 0 Å². The van der Waals surface area contributed by atoms with Crippen molar-refractivity contribution in [1.29, 1.82) is 0 Å². The second kappa shape index (κ2) is 13.5. The summed E-state index contributed by atoms with van der Waals surface area (Å²) in [7, 11) is 1.45. The molecule has 164 valence electrons. The molecule has 0 aromatic heterocycles. The van der Waals surface area contributed by atoms with Gasteiger partial charge in [-0.2, -0.15) is 0 Å². The summed E-state index contributed by atoms with van der Waals surface area (Å²) < 4.78 is 10.8. The molecule has 0 amide bonds. The van der Waals surface area contributed by atoms with Crippen molar-refractivity contribution in [2.75, 3.05) is 59.5 Å². The van der Waals surface area contributed by atoms with Crippen LogP contribution in [0.3, 0.4) is 0 Å². The number of nitrogens with one attached hydrogen (secondary N) is 3. The molecule has 1 aliphatic rings. The highest BCUT2D eigenvalue weighted by molar-refractivity contribution is 5.75. The zero-order chi connectivity index (χ0) is 20.9. The van der Waals surface area contributed by atoms with Crippen molar-refractivity contribution in [2.24, 2.45) is 0 Å². The van der Waals surface area contributed by atoms with Gasteiger partial charge in [0.05, 0.1) is 13.7 Å². The van der Waals surface area contributed by atoms with Crippen molar-refractivity contribution in [3.05, 3.63) is 29.8 Å². The summed E-state index contributed by atoms with van der Waals surface area (Å²) in [5, 5.41) is 10.5. The van der Waals surface area contributed by atoms with Crippen molar-refractivity contribution in [2.45, 2.75) is 38.8 Å². The van der Waals surface area contributed by atoms with Crippen LogP contribution in [0.5, 0.6) is 5.75 Å². The Morgan fingerprint density at radius 2 is 1.83 bits per heavy atom. The van der Waals surface area contributed by atoms with Crippen LogP contribution in [0.4, 0.5) is 0 Å². The van der Waals surface area contributed by atoms with E-state index in [0.29, 0.717) is 0 Å². The van der Waals surface area contributed by atoms with Gasteiger partial charge in [-0.1, -0.05) is 25.5 Å². The first-order valence-corrected chi connectivity index (χ1v) is 10.8. The number of benzene rings is 1. The van der Waals surface area contributed by atoms with Gasteiger partial charge in [0.15, 0.2) is 0 Å². The van der Waals surface area contributed by atoms with E-state index in [0.717, 1.165) is 71.0 Å². The van der Waals surface area contributed by atoms with Crippen molar-refractivity contribution in [3.63, 3.8) is 0 Å². The van der Waals surface area contributed by atoms with Crippen molar-refractivity contribution in [3.8, 4) is 5.75 Å². The summed E-state index contributed by atoms with van der Waals surface area (Å²) in [5.41, 5.74) is 1.19. The molecule has 1 heterocycles. The van der Waals surface area contributed by atoms with Gasteiger partial charge in [-0.25, -0.2) is 0 Å². The number of esters is 1. The fourth-order valence-electron chi connectivity index (χ4n) is 3.40. The fraction of sp³-hybridized carbons (Fsp3) is 0.682. The molecule has 7 heteroatoms. The minimum Gasteiger partial charge on any atom is -0.494 e. The quantitative estimate of drug-likeness (QED) is 0.469. The van der Waals surface area contributed by atoms with E-state index < -0.39 is 0 Å². The minimum atomic E-state index is -0.288. The Bertz CT molecular complexity index is 582. The second-order valence-electron chi connectivity index (χ2n) is 7.47. The molecule has 7 nitrogen and oxygen atoms in total. The van der Waals surface area contributed by atoms with Gasteiger partial charge in [-0.05, 0) is 31.0 Å². The van der Waals surface area contributed by atoms with Crippen LogP contribution >= 0.6 is 0 Å². The molecule has 2 unspecified atom stereocenters. The molecular formula is C22H38N4O3. The third kappa shape index (κ3) is 8.30. The van der Waals surface area contributed by atoms with E-state index in [1.807, 2.05) is 19.1 Å². The Morgan fingerprint density at radius 1 is 1.14 bits per heavy atom. The Kier molecular flexibility index (Phi) is 11.0. The smallest absolute Gasteiger partial charge is 0.322 e. The molecule has 0 bridgehead atoms. The largest absolute Gasteiger partial charge is 0.494 e. The number of methoxy groups -OCH3 is 1. The zero-order valence-corrected chi connectivity index (χ0v) is 18.2. The molecule has 0 spiro atoms. The Balaban J connectivity index is 2.11. The van der Waals surface area contributed by atoms with E-state index in [9.17, 15) is 4.79 Å². The first-order valence-electron chi connectivity index (χ1n) is 10.8. The third-order valence-corrected chi connectivity index (χ3v) is 5.30. The van der Waals surface area contributed by atoms with E-state index in [1.165, 1.54) is 12.7 Å². The third-order valence-electron chi connectivity index (χ3n) is 5.30. The van der Waals surface area contributed by atoms with Crippen LogP contribution in [-0.4, -0.2) is 76.4 Å². The normalized spacial score (nSPS) is 20.9. The number of carbonyl (C=O) groups is 1. The predicted octanol–water partition coefficient (Wildman–Crippen LogP) is 1.55. The first-order chi connectivity index (χ1) is 14.2. The Morgan fingerprint density at radius 3 is 2.52 bits per heavy atom. The Hall–Kier alpha value is -1.67. The number of unbranched alkanes of at least 4 members (excludes halogenated alkanes) is 1. The van der Waals surface area contributed by atoms with Crippen LogP contribution in [0.1, 0.15) is 38.3 Å². The molecule has 0 saturated carbocycles. The van der Waals surface area contributed by atoms with E-state index in [4.69, 9.17) is 9.47 Å². The monoisotopic (exact) mass is 406 g/mol. The molecule has 1 saturated heterocycles. The average molecular weight is 407 g/mol. The predicted molar refractivity (Wildman–Crippen MR) is 116 cm³/mol. The highest BCUT2D eigenvalue weighted by atomic mass is 16.5. The van der Waals surface area contributed by atoms with E-state index >= 15 is 0 Å². The highest BCUT2D eigenvalue weighted by Crippen LogP contribution is 2.20. The highest BCUT2D eigenvalue weighted by Gasteiger charge is 2.25. The van der Waals surface area contributed by atoms with Gasteiger partial charge in [0.25, 0.3) is 0 Å². The molecule has 1 aromatic rings. The molecule has 0 radical (unpaired) electrons. The maximum Gasteiger partial charge on any atom is 0.322 e. The fourth-order valence-corrected chi connectivity index (χ4v) is 3.40. The number of rotatable bonds is 7. The molecular weight excluding hydrogens is 368 g/mol. The maximum absolute atomic E-state index is 12.2. The lowest BCUT2D eigenvalue weighted by atomic mass is 10.0. The van der Waals surface area contributed by atoms with Gasteiger partial charge in [-0.3, -0.25) is 9.69 Å². The first kappa shape index (κ1) is 23.6. The topological polar surface area (TPSA) is 74.9 Å². The lowest BCUT2D eigenvalue weighted by Crippen LogP contribution is -2.48. The molecule has 2 rings (SSSR count). The molecule has 1 fully saturated rings. The number of nitrogens with zero attached hydrogens (tertiary/aromatic N) is 1. The summed E-state index contributed by atoms with van der Waals surface area (Å²) in [6, 6.07) is 8.15. The number of hydrogen-bond donors (Lipinski definition) is 3. The molecule has 0 aliphatic carbocycles. The zero-order valence-electron chi connectivity index (χ0n) is 18.2. The van der Waals surface area contributed by atoms with Crippen LogP contribution in [0.2, 0.25) is 0 Å². The molecule has 1 aliphatic heterocycles. The van der Waals surface area contributed by atoms with E-state index in [-0.39, 0.29) is 18.1 Å². The molecule has 1 aromatic carbocycles. The molecule has 3 N–H and O–H groups in total. The van der Waals surface area contributed by atoms with Crippen LogP contribution in [0.15, 0.2) is 24.3 Å². The van der Waals surface area contributed by atoms with Gasteiger partial charge in [-0.15, -0.1) is 0 Å². The summed E-state index contributed by atoms with van der Waals surface area (Å²) in [5.74, 6) is 0.707. The molecule has 2 atom stereocenters. The van der Waals surface area contributed by atoms with E-state index in [1.54, 1.807) is 0 Å². The summed E-state index contributed by atoms with van der Waals surface area (Å²) in [6.07, 6.45) is 2.19. The number of ether oxygens (including phenoxy) is 2. The minimum absolute atomic E-state index is 0.119. The van der Waals surface area contributed by atoms with Gasteiger partial charge < -0.3 is 25.4 Å². The summed E-state index contributed by atoms with van der Waals surface area (Å²) in [6.45, 7) is 10.8. The van der Waals surface area contributed by atoms with Crippen LogP contribution in [-0.2, 0) is 9.53 Å². The van der Waals surface area contributed by atoms with Crippen LogP contribution in [0.25, 0.3) is 0 Å². The van der Waals surface area contributed by atoms with Crippen molar-refractivity contribution < 1.29 is 14.3 Å². The summed E-state index contributed by atoms with van der Waals surface area (Å²) >= 11 is 0. The number of hydrogen-bond acceptors (Lipinski definition) is 7. The standard InChI is InChI=1S/C22H38N4O3/c1-4-5-16-29-20-8-6-19(7-9-20)21-17-26(18(2)22(27)28-3)15-14-24-11-10-23-12-13-25-21/h6-9,18,21,23-25H,4-5,10-17H2,1-3H3. The Labute approximate surface area is 175 Å². The lowest BCUT2D eigenvalue weighted by molar-refractivity contribution is -0.146. The average Bonchev–Trinajstić information content (AvgIpc) is 2.74. The second-order valence-corrected chi connectivity index (χ2v) is 7.47.